The molecule has 0 atom stereocenters. The minimum absolute atomic E-state index is 0.147. The van der Waals surface area contributed by atoms with Crippen LogP contribution >= 0.6 is 0 Å². The van der Waals surface area contributed by atoms with Crippen LogP contribution in [0.25, 0.3) is 5.65 Å². The second-order valence-electron chi connectivity index (χ2n) is 4.82. The number of carbonyl (C=O) groups excluding carboxylic acids is 2. The molecule has 6 heteroatoms. The number of amides is 2. The summed E-state index contributed by atoms with van der Waals surface area (Å²) < 4.78 is 1.83. The highest BCUT2D eigenvalue weighted by Crippen LogP contribution is 2.13. The molecule has 0 saturated carbocycles. The molecule has 1 aromatic carbocycles. The zero-order chi connectivity index (χ0) is 15.5. The highest BCUT2D eigenvalue weighted by molar-refractivity contribution is 6.04. The maximum Gasteiger partial charge on any atom is 0.255 e. The average Bonchev–Trinajstić information content (AvgIpc) is 2.95. The summed E-state index contributed by atoms with van der Waals surface area (Å²) in [4.78, 5) is 27.3. The monoisotopic (exact) mass is 294 g/mol. The van der Waals surface area contributed by atoms with Gasteiger partial charge in [-0.05, 0) is 36.4 Å². The number of rotatable bonds is 3. The van der Waals surface area contributed by atoms with Gasteiger partial charge in [-0.15, -0.1) is 0 Å². The van der Waals surface area contributed by atoms with Gasteiger partial charge in [0.05, 0.1) is 5.69 Å². The lowest BCUT2D eigenvalue weighted by molar-refractivity contribution is -0.114. The quantitative estimate of drug-likeness (QED) is 0.779. The van der Waals surface area contributed by atoms with Gasteiger partial charge in [0.2, 0.25) is 5.91 Å². The number of imidazole rings is 1. The van der Waals surface area contributed by atoms with E-state index < -0.39 is 0 Å². The lowest BCUT2D eigenvalue weighted by Gasteiger charge is -2.07. The standard InChI is InChI=1S/C16H14N4O2/c1-11(21)18-13-4-2-12(3-5-13)16(22)19-14-6-7-15-17-8-9-20(15)10-14/h2-10H,1H3,(H,18,21)(H,19,22). The van der Waals surface area contributed by atoms with E-state index in [4.69, 9.17) is 0 Å². The van der Waals surface area contributed by atoms with Gasteiger partial charge in [-0.2, -0.15) is 0 Å². The Bertz CT molecular complexity index is 837. The second-order valence-corrected chi connectivity index (χ2v) is 4.82. The van der Waals surface area contributed by atoms with Crippen molar-refractivity contribution in [2.45, 2.75) is 6.92 Å². The highest BCUT2D eigenvalue weighted by Gasteiger charge is 2.07. The Labute approximate surface area is 126 Å². The predicted molar refractivity (Wildman–Crippen MR) is 83.9 cm³/mol. The fourth-order valence-corrected chi connectivity index (χ4v) is 2.11. The molecule has 2 heterocycles. The third kappa shape index (κ3) is 2.95. The van der Waals surface area contributed by atoms with E-state index in [0.717, 1.165) is 5.65 Å². The predicted octanol–water partition coefficient (Wildman–Crippen LogP) is 2.55. The molecule has 0 fully saturated rings. The van der Waals surface area contributed by atoms with Crippen LogP contribution in [0, 0.1) is 0 Å². The summed E-state index contributed by atoms with van der Waals surface area (Å²) in [7, 11) is 0. The molecule has 0 aliphatic heterocycles. The molecule has 0 saturated heterocycles. The first-order chi connectivity index (χ1) is 10.6. The summed E-state index contributed by atoms with van der Waals surface area (Å²) in [5, 5.41) is 5.48. The number of aromatic nitrogens is 2. The van der Waals surface area contributed by atoms with Gasteiger partial charge in [-0.3, -0.25) is 9.59 Å². The number of hydrogen-bond acceptors (Lipinski definition) is 3. The lowest BCUT2D eigenvalue weighted by atomic mass is 10.2. The Morgan fingerprint density at radius 3 is 2.45 bits per heavy atom. The molecule has 0 aliphatic carbocycles. The second kappa shape index (κ2) is 5.69. The van der Waals surface area contributed by atoms with Gasteiger partial charge in [-0.25, -0.2) is 4.98 Å². The SMILES string of the molecule is CC(=O)Nc1ccc(C(=O)Nc2ccc3nccn3c2)cc1. The minimum atomic E-state index is -0.214. The van der Waals surface area contributed by atoms with Crippen LogP contribution < -0.4 is 10.6 Å². The third-order valence-corrected chi connectivity index (χ3v) is 3.11. The number of nitrogens with zero attached hydrogens (tertiary/aromatic N) is 2. The third-order valence-electron chi connectivity index (χ3n) is 3.11. The number of pyridine rings is 1. The molecule has 0 radical (unpaired) electrons. The number of carbonyl (C=O) groups is 2. The number of anilines is 2. The van der Waals surface area contributed by atoms with Gasteiger partial charge in [-0.1, -0.05) is 0 Å². The molecule has 0 aliphatic rings. The fourth-order valence-electron chi connectivity index (χ4n) is 2.11. The van der Waals surface area contributed by atoms with E-state index in [2.05, 4.69) is 15.6 Å². The molecule has 6 nitrogen and oxygen atoms in total. The van der Waals surface area contributed by atoms with Crippen LogP contribution in [0.5, 0.6) is 0 Å². The van der Waals surface area contributed by atoms with Crippen molar-refractivity contribution in [1.82, 2.24) is 9.38 Å². The van der Waals surface area contributed by atoms with Crippen LogP contribution in [0.3, 0.4) is 0 Å². The molecule has 110 valence electrons. The van der Waals surface area contributed by atoms with Gasteiger partial charge < -0.3 is 15.0 Å². The number of benzene rings is 1. The van der Waals surface area contributed by atoms with Crippen LogP contribution in [0.1, 0.15) is 17.3 Å². The topological polar surface area (TPSA) is 75.5 Å². The molecule has 0 unspecified atom stereocenters. The Hall–Kier alpha value is -3.15. The maximum atomic E-state index is 12.2. The molecule has 0 bridgehead atoms. The molecule has 0 spiro atoms. The fraction of sp³-hybridized carbons (Fsp3) is 0.0625. The number of nitrogens with one attached hydrogen (secondary N) is 2. The van der Waals surface area contributed by atoms with Crippen LogP contribution in [0.15, 0.2) is 55.0 Å². The van der Waals surface area contributed by atoms with Crippen molar-refractivity contribution in [3.05, 3.63) is 60.6 Å². The Morgan fingerprint density at radius 2 is 1.73 bits per heavy atom. The number of fused-ring (bicyclic) bond motifs is 1. The largest absolute Gasteiger partial charge is 0.326 e. The summed E-state index contributed by atoms with van der Waals surface area (Å²) >= 11 is 0. The summed E-state index contributed by atoms with van der Waals surface area (Å²) in [5.41, 5.74) is 2.67. The van der Waals surface area contributed by atoms with Gasteiger partial charge in [0.1, 0.15) is 5.65 Å². The van der Waals surface area contributed by atoms with Gasteiger partial charge in [0, 0.05) is 36.8 Å². The van der Waals surface area contributed by atoms with Crippen molar-refractivity contribution >= 4 is 28.8 Å². The first-order valence-corrected chi connectivity index (χ1v) is 6.73. The van der Waals surface area contributed by atoms with Gasteiger partial charge in [0.15, 0.2) is 0 Å². The average molecular weight is 294 g/mol. The van der Waals surface area contributed by atoms with Crippen molar-refractivity contribution in [1.29, 1.82) is 0 Å². The van der Waals surface area contributed by atoms with E-state index in [-0.39, 0.29) is 11.8 Å². The summed E-state index contributed by atoms with van der Waals surface area (Å²) in [5.74, 6) is -0.361. The Morgan fingerprint density at radius 1 is 1.00 bits per heavy atom. The zero-order valence-corrected chi connectivity index (χ0v) is 11.9. The van der Waals surface area contributed by atoms with Crippen molar-refractivity contribution in [2.24, 2.45) is 0 Å². The minimum Gasteiger partial charge on any atom is -0.326 e. The lowest BCUT2D eigenvalue weighted by Crippen LogP contribution is -2.12. The highest BCUT2D eigenvalue weighted by atomic mass is 16.2. The first kappa shape index (κ1) is 13.8. The smallest absolute Gasteiger partial charge is 0.255 e. The molecular weight excluding hydrogens is 280 g/mol. The van der Waals surface area contributed by atoms with Gasteiger partial charge in [0.25, 0.3) is 5.91 Å². The van der Waals surface area contributed by atoms with Gasteiger partial charge >= 0.3 is 0 Å². The molecule has 22 heavy (non-hydrogen) atoms. The van der Waals surface area contributed by atoms with E-state index in [1.165, 1.54) is 6.92 Å². The molecule has 3 aromatic rings. The molecule has 2 N–H and O–H groups in total. The molecule has 2 aromatic heterocycles. The van der Waals surface area contributed by atoms with Crippen LogP contribution in [0.4, 0.5) is 11.4 Å². The van der Waals surface area contributed by atoms with Crippen LogP contribution in [-0.2, 0) is 4.79 Å². The van der Waals surface area contributed by atoms with Crippen molar-refractivity contribution in [3.63, 3.8) is 0 Å². The van der Waals surface area contributed by atoms with Crippen molar-refractivity contribution < 1.29 is 9.59 Å². The van der Waals surface area contributed by atoms with E-state index >= 15 is 0 Å². The first-order valence-electron chi connectivity index (χ1n) is 6.73. The summed E-state index contributed by atoms with van der Waals surface area (Å²) in [6, 6.07) is 10.3. The van der Waals surface area contributed by atoms with E-state index in [1.54, 1.807) is 42.7 Å². The van der Waals surface area contributed by atoms with Crippen molar-refractivity contribution in [3.8, 4) is 0 Å². The molecule has 2 amide bonds. The van der Waals surface area contributed by atoms with Crippen LogP contribution in [0.2, 0.25) is 0 Å². The molecule has 3 rings (SSSR count). The van der Waals surface area contributed by atoms with E-state index in [0.29, 0.717) is 16.9 Å². The molecular formula is C16H14N4O2. The Kier molecular flexibility index (Phi) is 3.57. The van der Waals surface area contributed by atoms with Crippen molar-refractivity contribution in [2.75, 3.05) is 10.6 Å². The van der Waals surface area contributed by atoms with E-state index in [1.807, 2.05) is 16.7 Å². The summed E-state index contributed by atoms with van der Waals surface area (Å²) in [6.45, 7) is 1.44. The normalized spacial score (nSPS) is 10.4. The maximum absolute atomic E-state index is 12.2. The van der Waals surface area contributed by atoms with Crippen LogP contribution in [-0.4, -0.2) is 21.2 Å². The zero-order valence-electron chi connectivity index (χ0n) is 11.9. The Balaban J connectivity index is 1.74. The summed E-state index contributed by atoms with van der Waals surface area (Å²) in [6.07, 6.45) is 5.31. The van der Waals surface area contributed by atoms with E-state index in [9.17, 15) is 9.59 Å². The number of hydrogen-bond donors (Lipinski definition) is 2.